The van der Waals surface area contributed by atoms with E-state index in [1.54, 1.807) is 7.11 Å². The normalized spacial score (nSPS) is 36.0. The maximum Gasteiger partial charge on any atom is 0.106 e. The summed E-state index contributed by atoms with van der Waals surface area (Å²) in [6, 6.07) is 0. The van der Waals surface area contributed by atoms with Crippen LogP contribution >= 0.6 is 0 Å². The zero-order valence-corrected chi connectivity index (χ0v) is 8.66. The molecule has 0 aromatic carbocycles. The Bertz CT molecular complexity index is 191. The number of hydrogen-bond donors (Lipinski definition) is 1. The fraction of sp³-hybridized carbons (Fsp3) is 0.900. The second-order valence-electron chi connectivity index (χ2n) is 4.01. The van der Waals surface area contributed by atoms with Gasteiger partial charge in [-0.15, -0.1) is 0 Å². The summed E-state index contributed by atoms with van der Waals surface area (Å²) in [5.74, 6) is 0.845. The first-order chi connectivity index (χ1) is 6.15. The quantitative estimate of drug-likeness (QED) is 0.526. The van der Waals surface area contributed by atoms with Crippen LogP contribution in [0.2, 0.25) is 0 Å². The van der Waals surface area contributed by atoms with E-state index in [9.17, 15) is 5.11 Å². The molecule has 0 radical (unpaired) electrons. The first kappa shape index (κ1) is 10.5. The van der Waals surface area contributed by atoms with Crippen LogP contribution in [-0.4, -0.2) is 24.0 Å². The Balaban J connectivity index is 2.55. The third kappa shape index (κ3) is 2.69. The first-order valence-electron chi connectivity index (χ1n) is 4.90. The molecule has 0 aliphatic heterocycles. The zero-order chi connectivity index (χ0) is 9.84. The number of aliphatic hydroxyl groups excluding tert-OH is 1. The van der Waals surface area contributed by atoms with E-state index in [0.717, 1.165) is 18.6 Å². The SMILES string of the molecule is CON=C(C)[C@H]1CC[C@@H](C)C[C@H]1O. The van der Waals surface area contributed by atoms with Crippen LogP contribution < -0.4 is 0 Å². The lowest BCUT2D eigenvalue weighted by Gasteiger charge is -2.30. The van der Waals surface area contributed by atoms with Crippen LogP contribution in [0.4, 0.5) is 0 Å². The van der Waals surface area contributed by atoms with Gasteiger partial charge in [-0.1, -0.05) is 12.1 Å². The minimum Gasteiger partial charge on any atom is -0.399 e. The molecule has 3 nitrogen and oxygen atoms in total. The largest absolute Gasteiger partial charge is 0.399 e. The van der Waals surface area contributed by atoms with E-state index < -0.39 is 0 Å². The van der Waals surface area contributed by atoms with Gasteiger partial charge in [0.2, 0.25) is 0 Å². The van der Waals surface area contributed by atoms with Crippen molar-refractivity contribution < 1.29 is 9.94 Å². The van der Waals surface area contributed by atoms with Crippen molar-refractivity contribution >= 4 is 5.71 Å². The molecular formula is C10H19NO2. The van der Waals surface area contributed by atoms with E-state index >= 15 is 0 Å². The molecule has 1 saturated carbocycles. The highest BCUT2D eigenvalue weighted by Crippen LogP contribution is 2.29. The van der Waals surface area contributed by atoms with Gasteiger partial charge in [0.05, 0.1) is 11.8 Å². The summed E-state index contributed by atoms with van der Waals surface area (Å²) in [6.07, 6.45) is 2.86. The second kappa shape index (κ2) is 4.61. The third-order valence-electron chi connectivity index (χ3n) is 2.85. The van der Waals surface area contributed by atoms with Gasteiger partial charge < -0.3 is 9.94 Å². The van der Waals surface area contributed by atoms with Gasteiger partial charge in [0.15, 0.2) is 0 Å². The molecule has 1 fully saturated rings. The molecule has 0 spiro atoms. The van der Waals surface area contributed by atoms with Crippen molar-refractivity contribution in [3.05, 3.63) is 0 Å². The number of nitrogens with zero attached hydrogens (tertiary/aromatic N) is 1. The predicted molar refractivity (Wildman–Crippen MR) is 52.6 cm³/mol. The van der Waals surface area contributed by atoms with Gasteiger partial charge in [0.25, 0.3) is 0 Å². The topological polar surface area (TPSA) is 41.8 Å². The van der Waals surface area contributed by atoms with Gasteiger partial charge in [-0.3, -0.25) is 0 Å². The first-order valence-corrected chi connectivity index (χ1v) is 4.90. The molecule has 0 aromatic heterocycles. The van der Waals surface area contributed by atoms with E-state index in [1.165, 1.54) is 6.42 Å². The van der Waals surface area contributed by atoms with E-state index in [1.807, 2.05) is 6.92 Å². The summed E-state index contributed by atoms with van der Waals surface area (Å²) >= 11 is 0. The summed E-state index contributed by atoms with van der Waals surface area (Å²) in [6.45, 7) is 4.11. The summed E-state index contributed by atoms with van der Waals surface area (Å²) < 4.78 is 0. The predicted octanol–water partition coefficient (Wildman–Crippen LogP) is 1.81. The Morgan fingerprint density at radius 3 is 2.69 bits per heavy atom. The van der Waals surface area contributed by atoms with Crippen molar-refractivity contribution in [2.45, 2.75) is 39.2 Å². The Morgan fingerprint density at radius 1 is 1.46 bits per heavy atom. The molecule has 1 aliphatic carbocycles. The van der Waals surface area contributed by atoms with Crippen LogP contribution in [0, 0.1) is 11.8 Å². The van der Waals surface area contributed by atoms with Crippen molar-refractivity contribution in [2.24, 2.45) is 17.0 Å². The molecule has 0 heterocycles. The van der Waals surface area contributed by atoms with Crippen LogP contribution in [0.3, 0.4) is 0 Å². The van der Waals surface area contributed by atoms with E-state index in [2.05, 4.69) is 12.1 Å². The average Bonchev–Trinajstić information content (AvgIpc) is 2.04. The van der Waals surface area contributed by atoms with Crippen molar-refractivity contribution in [1.29, 1.82) is 0 Å². The molecule has 0 unspecified atom stereocenters. The monoisotopic (exact) mass is 185 g/mol. The minimum atomic E-state index is -0.234. The molecule has 0 bridgehead atoms. The van der Waals surface area contributed by atoms with Crippen molar-refractivity contribution in [3.63, 3.8) is 0 Å². The maximum atomic E-state index is 9.80. The highest BCUT2D eigenvalue weighted by Gasteiger charge is 2.29. The smallest absolute Gasteiger partial charge is 0.106 e. The second-order valence-corrected chi connectivity index (χ2v) is 4.01. The van der Waals surface area contributed by atoms with Crippen molar-refractivity contribution in [2.75, 3.05) is 7.11 Å². The number of rotatable bonds is 2. The summed E-state index contributed by atoms with van der Waals surface area (Å²) in [5, 5.41) is 13.7. The summed E-state index contributed by atoms with van der Waals surface area (Å²) in [5.41, 5.74) is 0.918. The molecule has 1 aliphatic rings. The Labute approximate surface area is 79.8 Å². The van der Waals surface area contributed by atoms with Crippen LogP contribution in [-0.2, 0) is 4.84 Å². The molecular weight excluding hydrogens is 166 g/mol. The van der Waals surface area contributed by atoms with Gasteiger partial charge in [-0.05, 0) is 32.1 Å². The van der Waals surface area contributed by atoms with Crippen molar-refractivity contribution in [3.8, 4) is 0 Å². The van der Waals surface area contributed by atoms with Crippen LogP contribution in [0.5, 0.6) is 0 Å². The third-order valence-corrected chi connectivity index (χ3v) is 2.85. The molecule has 13 heavy (non-hydrogen) atoms. The van der Waals surface area contributed by atoms with E-state index in [4.69, 9.17) is 4.84 Å². The molecule has 3 atom stereocenters. The fourth-order valence-corrected chi connectivity index (χ4v) is 2.05. The molecule has 0 amide bonds. The molecule has 76 valence electrons. The van der Waals surface area contributed by atoms with E-state index in [0.29, 0.717) is 5.92 Å². The van der Waals surface area contributed by atoms with Crippen LogP contribution in [0.25, 0.3) is 0 Å². The molecule has 3 heteroatoms. The van der Waals surface area contributed by atoms with Gasteiger partial charge in [-0.25, -0.2) is 0 Å². The van der Waals surface area contributed by atoms with Gasteiger partial charge in [0.1, 0.15) is 7.11 Å². The van der Waals surface area contributed by atoms with Crippen molar-refractivity contribution in [1.82, 2.24) is 0 Å². The average molecular weight is 185 g/mol. The van der Waals surface area contributed by atoms with Crippen LogP contribution in [0.1, 0.15) is 33.1 Å². The Hall–Kier alpha value is -0.570. The van der Waals surface area contributed by atoms with Crippen LogP contribution in [0.15, 0.2) is 5.16 Å². The van der Waals surface area contributed by atoms with Gasteiger partial charge in [0, 0.05) is 5.92 Å². The van der Waals surface area contributed by atoms with Gasteiger partial charge in [-0.2, -0.15) is 0 Å². The minimum absolute atomic E-state index is 0.205. The lowest BCUT2D eigenvalue weighted by atomic mass is 9.79. The van der Waals surface area contributed by atoms with Gasteiger partial charge >= 0.3 is 0 Å². The molecule has 1 rings (SSSR count). The lowest BCUT2D eigenvalue weighted by molar-refractivity contribution is 0.0757. The Kier molecular flexibility index (Phi) is 3.72. The molecule has 1 N–H and O–H groups in total. The summed E-state index contributed by atoms with van der Waals surface area (Å²) in [7, 11) is 1.54. The lowest BCUT2D eigenvalue weighted by Crippen LogP contribution is -2.33. The number of oxime groups is 1. The Morgan fingerprint density at radius 2 is 2.15 bits per heavy atom. The summed E-state index contributed by atoms with van der Waals surface area (Å²) in [4.78, 5) is 4.71. The van der Waals surface area contributed by atoms with E-state index in [-0.39, 0.29) is 12.0 Å². The standard InChI is InChI=1S/C10H19NO2/c1-7-4-5-9(10(12)6-7)8(2)11-13-3/h7,9-10,12H,4-6H2,1-3H3/t7-,9-,10-/m1/s1. The zero-order valence-electron chi connectivity index (χ0n) is 8.66. The number of aliphatic hydroxyl groups is 1. The fourth-order valence-electron chi connectivity index (χ4n) is 2.05. The highest BCUT2D eigenvalue weighted by molar-refractivity contribution is 5.84. The number of hydrogen-bond acceptors (Lipinski definition) is 3. The maximum absolute atomic E-state index is 9.80. The molecule has 0 saturated heterocycles. The highest BCUT2D eigenvalue weighted by atomic mass is 16.6. The molecule has 0 aromatic rings.